The summed E-state index contributed by atoms with van der Waals surface area (Å²) in [5.74, 6) is 0.509. The van der Waals surface area contributed by atoms with Crippen molar-refractivity contribution < 1.29 is 19.3 Å². The van der Waals surface area contributed by atoms with Crippen molar-refractivity contribution in [2.75, 3.05) is 6.61 Å². The maximum absolute atomic E-state index is 12.1. The van der Waals surface area contributed by atoms with Crippen molar-refractivity contribution in [3.05, 3.63) is 64.2 Å². The molecule has 1 heterocycles. The molecule has 1 saturated heterocycles. The minimum Gasteiger partial charge on any atom is -0.394 e. The number of hydrogen-bond acceptors (Lipinski definition) is 3. The molecule has 0 amide bonds. The highest BCUT2D eigenvalue weighted by molar-refractivity contribution is 6.31. The summed E-state index contributed by atoms with van der Waals surface area (Å²) in [6.07, 6.45) is 1.40. The van der Waals surface area contributed by atoms with E-state index in [-0.39, 0.29) is 24.6 Å². The zero-order valence-electron chi connectivity index (χ0n) is 13.4. The van der Waals surface area contributed by atoms with Crippen molar-refractivity contribution >= 4 is 11.6 Å². The molecule has 3 atom stereocenters. The van der Waals surface area contributed by atoms with Crippen molar-refractivity contribution in [3.8, 4) is 5.75 Å². The molecule has 1 aliphatic heterocycles. The van der Waals surface area contributed by atoms with Gasteiger partial charge in [0, 0.05) is 9.55 Å². The second-order valence-electron chi connectivity index (χ2n) is 6.31. The van der Waals surface area contributed by atoms with Crippen molar-refractivity contribution in [1.82, 2.24) is 0 Å². The molecule has 0 radical (unpaired) electrons. The Bertz CT molecular complexity index is 690. The SMILES string of the molecule is CC1CC(c2ccc(Cl)c(Cc3ccc(OF)cc3)c2)OC1CO. The quantitative estimate of drug-likeness (QED) is 0.852. The fourth-order valence-corrected chi connectivity index (χ4v) is 3.32. The first-order valence-corrected chi connectivity index (χ1v) is 8.40. The molecule has 5 heteroatoms. The molecule has 2 aromatic carbocycles. The summed E-state index contributed by atoms with van der Waals surface area (Å²) in [5.41, 5.74) is 3.08. The Labute approximate surface area is 145 Å². The predicted molar refractivity (Wildman–Crippen MR) is 90.9 cm³/mol. The second-order valence-corrected chi connectivity index (χ2v) is 6.71. The van der Waals surface area contributed by atoms with Gasteiger partial charge in [0.2, 0.25) is 0 Å². The van der Waals surface area contributed by atoms with E-state index in [0.717, 1.165) is 23.1 Å². The van der Waals surface area contributed by atoms with Crippen LogP contribution in [0.15, 0.2) is 42.5 Å². The van der Waals surface area contributed by atoms with Crippen LogP contribution in [-0.2, 0) is 11.2 Å². The van der Waals surface area contributed by atoms with Crippen LogP contribution in [0.2, 0.25) is 5.02 Å². The molecule has 1 aliphatic rings. The van der Waals surface area contributed by atoms with E-state index < -0.39 is 0 Å². The van der Waals surface area contributed by atoms with Crippen LogP contribution in [0.25, 0.3) is 0 Å². The van der Waals surface area contributed by atoms with Gasteiger partial charge < -0.3 is 9.84 Å². The van der Waals surface area contributed by atoms with Crippen LogP contribution in [0.4, 0.5) is 4.53 Å². The maximum Gasteiger partial charge on any atom is 0.171 e. The lowest BCUT2D eigenvalue weighted by atomic mass is 9.96. The number of benzene rings is 2. The molecular formula is C19H20ClFO3. The number of aliphatic hydroxyl groups excluding tert-OH is 1. The molecule has 0 spiro atoms. The van der Waals surface area contributed by atoms with E-state index in [9.17, 15) is 9.63 Å². The van der Waals surface area contributed by atoms with Gasteiger partial charge in [-0.1, -0.05) is 42.8 Å². The van der Waals surface area contributed by atoms with Gasteiger partial charge >= 0.3 is 0 Å². The van der Waals surface area contributed by atoms with E-state index in [4.69, 9.17) is 16.3 Å². The molecule has 128 valence electrons. The number of rotatable bonds is 5. The van der Waals surface area contributed by atoms with E-state index in [1.807, 2.05) is 24.3 Å². The molecule has 2 aromatic rings. The van der Waals surface area contributed by atoms with E-state index in [1.54, 1.807) is 12.1 Å². The monoisotopic (exact) mass is 350 g/mol. The van der Waals surface area contributed by atoms with Crippen LogP contribution in [0.1, 0.15) is 36.1 Å². The van der Waals surface area contributed by atoms with Gasteiger partial charge in [-0.05, 0) is 53.6 Å². The third-order valence-electron chi connectivity index (χ3n) is 4.59. The summed E-state index contributed by atoms with van der Waals surface area (Å²) in [4.78, 5) is 3.70. The minimum atomic E-state index is -0.109. The molecule has 3 nitrogen and oxygen atoms in total. The van der Waals surface area contributed by atoms with Gasteiger partial charge in [-0.2, -0.15) is 0 Å². The van der Waals surface area contributed by atoms with E-state index in [0.29, 0.717) is 17.4 Å². The van der Waals surface area contributed by atoms with E-state index in [2.05, 4.69) is 17.9 Å². The Morgan fingerprint density at radius 3 is 2.62 bits per heavy atom. The topological polar surface area (TPSA) is 38.7 Å². The Morgan fingerprint density at radius 2 is 2.00 bits per heavy atom. The first-order chi connectivity index (χ1) is 11.6. The van der Waals surface area contributed by atoms with Crippen LogP contribution in [0, 0.1) is 5.92 Å². The third-order valence-corrected chi connectivity index (χ3v) is 4.96. The fraction of sp³-hybridized carbons (Fsp3) is 0.368. The third kappa shape index (κ3) is 3.72. The van der Waals surface area contributed by atoms with Crippen LogP contribution >= 0.6 is 11.6 Å². The summed E-state index contributed by atoms with van der Waals surface area (Å²) >= 11 is 6.33. The highest BCUT2D eigenvalue weighted by atomic mass is 35.5. The fourth-order valence-electron chi connectivity index (χ4n) is 3.14. The van der Waals surface area contributed by atoms with Gasteiger partial charge in [-0.25, -0.2) is 0 Å². The largest absolute Gasteiger partial charge is 0.394 e. The summed E-state index contributed by atoms with van der Waals surface area (Å²) in [6, 6.07) is 12.7. The lowest BCUT2D eigenvalue weighted by molar-refractivity contribution is -0.00621. The van der Waals surface area contributed by atoms with E-state index >= 15 is 0 Å². The molecular weight excluding hydrogens is 331 g/mol. The standard InChI is InChI=1S/C19H20ClFO3/c1-12-8-18(23-19(12)11-22)14-4-7-17(20)15(10-14)9-13-2-5-16(24-21)6-3-13/h2-7,10,12,18-19,22H,8-9,11H2,1H3. The van der Waals surface area contributed by atoms with Gasteiger partial charge in [-0.3, -0.25) is 4.94 Å². The normalized spacial score (nSPS) is 23.4. The molecule has 0 bridgehead atoms. The van der Waals surface area contributed by atoms with E-state index in [1.165, 1.54) is 0 Å². The van der Waals surface area contributed by atoms with Crippen LogP contribution in [-0.4, -0.2) is 17.8 Å². The van der Waals surface area contributed by atoms with Gasteiger partial charge in [-0.15, -0.1) is 0 Å². The second kappa shape index (κ2) is 7.51. The highest BCUT2D eigenvalue weighted by Crippen LogP contribution is 2.37. The van der Waals surface area contributed by atoms with Crippen LogP contribution in [0.3, 0.4) is 0 Å². The Morgan fingerprint density at radius 1 is 1.25 bits per heavy atom. The highest BCUT2D eigenvalue weighted by Gasteiger charge is 2.32. The summed E-state index contributed by atoms with van der Waals surface area (Å²) < 4.78 is 18.0. The average Bonchev–Trinajstić information content (AvgIpc) is 2.98. The average molecular weight is 351 g/mol. The zero-order valence-corrected chi connectivity index (χ0v) is 14.2. The van der Waals surface area contributed by atoms with Gasteiger partial charge in [0.1, 0.15) is 0 Å². The zero-order chi connectivity index (χ0) is 17.1. The predicted octanol–water partition coefficient (Wildman–Crippen LogP) is 4.65. The molecule has 3 rings (SSSR count). The van der Waals surface area contributed by atoms with Gasteiger partial charge in [0.25, 0.3) is 0 Å². The van der Waals surface area contributed by atoms with Crippen LogP contribution < -0.4 is 4.94 Å². The Balaban J connectivity index is 1.78. The Hall–Kier alpha value is -1.62. The summed E-state index contributed by atoms with van der Waals surface area (Å²) in [7, 11) is 0. The maximum atomic E-state index is 12.1. The number of aliphatic hydroxyl groups is 1. The lowest BCUT2D eigenvalue weighted by Gasteiger charge is -2.15. The van der Waals surface area contributed by atoms with Crippen molar-refractivity contribution in [2.45, 2.75) is 32.0 Å². The van der Waals surface area contributed by atoms with Gasteiger partial charge in [0.15, 0.2) is 5.75 Å². The minimum absolute atomic E-state index is 0.0181. The summed E-state index contributed by atoms with van der Waals surface area (Å²) in [6.45, 7) is 2.13. The van der Waals surface area contributed by atoms with Crippen molar-refractivity contribution in [3.63, 3.8) is 0 Å². The first kappa shape index (κ1) is 17.2. The molecule has 0 saturated carbocycles. The molecule has 1 N–H and O–H groups in total. The first-order valence-electron chi connectivity index (χ1n) is 8.03. The molecule has 1 fully saturated rings. The van der Waals surface area contributed by atoms with Crippen molar-refractivity contribution in [1.29, 1.82) is 0 Å². The molecule has 0 aliphatic carbocycles. The smallest absolute Gasteiger partial charge is 0.171 e. The van der Waals surface area contributed by atoms with Crippen LogP contribution in [0.5, 0.6) is 5.75 Å². The number of ether oxygens (including phenoxy) is 1. The lowest BCUT2D eigenvalue weighted by Crippen LogP contribution is -2.17. The molecule has 24 heavy (non-hydrogen) atoms. The number of hydrogen-bond donors (Lipinski definition) is 1. The molecule has 3 unspecified atom stereocenters. The Kier molecular flexibility index (Phi) is 5.39. The number of halogens is 2. The summed E-state index contributed by atoms with van der Waals surface area (Å²) in [5, 5.41) is 10.0. The van der Waals surface area contributed by atoms with Gasteiger partial charge in [0.05, 0.1) is 18.8 Å². The molecule has 0 aromatic heterocycles. The van der Waals surface area contributed by atoms with Crippen molar-refractivity contribution in [2.24, 2.45) is 5.92 Å².